The predicted octanol–water partition coefficient (Wildman–Crippen LogP) is 3.70. The van der Waals surface area contributed by atoms with Gasteiger partial charge in [-0.2, -0.15) is 0 Å². The molecule has 1 aliphatic carbocycles. The second-order valence-corrected chi connectivity index (χ2v) is 7.37. The van der Waals surface area contributed by atoms with E-state index < -0.39 is 24.3 Å². The second kappa shape index (κ2) is 10.6. The Morgan fingerprint density at radius 2 is 1.31 bits per heavy atom. The van der Waals surface area contributed by atoms with Gasteiger partial charge in [-0.15, -0.1) is 0 Å². The first-order valence-corrected chi connectivity index (χ1v) is 10.1. The van der Waals surface area contributed by atoms with E-state index in [1.54, 1.807) is 24.3 Å². The van der Waals surface area contributed by atoms with E-state index in [2.05, 4.69) is 4.74 Å². The molecule has 32 heavy (non-hydrogen) atoms. The lowest BCUT2D eigenvalue weighted by atomic mass is 9.82. The summed E-state index contributed by atoms with van der Waals surface area (Å²) in [5, 5.41) is 19.3. The van der Waals surface area contributed by atoms with E-state index in [1.165, 1.54) is 31.4 Å². The van der Waals surface area contributed by atoms with Crippen LogP contribution in [0.5, 0.6) is 17.2 Å². The summed E-state index contributed by atoms with van der Waals surface area (Å²) in [6, 6.07) is 12.3. The standard InChI is InChI=1S/C23H24O9/c1-29-23(28)32-19-12-10-18(11-13-19)31-22(27)16-6-8-17(9-7-16)30-21(26)15-4-2-14(3-5-15)20(24)25/h6-15,22,27H,2-5H2,1H3,(H,24,25). The maximum atomic E-state index is 12.3. The summed E-state index contributed by atoms with van der Waals surface area (Å²) in [6.07, 6.45) is -0.194. The molecule has 3 rings (SSSR count). The average Bonchev–Trinajstić information content (AvgIpc) is 2.80. The molecule has 0 spiro atoms. The van der Waals surface area contributed by atoms with Gasteiger partial charge in [-0.25, -0.2) is 4.79 Å². The fraction of sp³-hybridized carbons (Fsp3) is 0.348. The van der Waals surface area contributed by atoms with Gasteiger partial charge in [-0.05, 0) is 74.2 Å². The van der Waals surface area contributed by atoms with Crippen LogP contribution in [0.1, 0.15) is 37.5 Å². The number of esters is 1. The van der Waals surface area contributed by atoms with Crippen molar-refractivity contribution in [3.8, 4) is 17.2 Å². The quantitative estimate of drug-likeness (QED) is 0.284. The number of aliphatic hydroxyl groups is 1. The number of hydrogen-bond donors (Lipinski definition) is 2. The Bertz CT molecular complexity index is 929. The van der Waals surface area contributed by atoms with Crippen molar-refractivity contribution in [1.29, 1.82) is 0 Å². The number of rotatable bonds is 7. The van der Waals surface area contributed by atoms with E-state index in [4.69, 9.17) is 19.3 Å². The largest absolute Gasteiger partial charge is 0.513 e. The van der Waals surface area contributed by atoms with Crippen LogP contribution < -0.4 is 14.2 Å². The zero-order valence-electron chi connectivity index (χ0n) is 17.4. The summed E-state index contributed by atoms with van der Waals surface area (Å²) in [5.41, 5.74) is 0.446. The Morgan fingerprint density at radius 3 is 1.88 bits per heavy atom. The van der Waals surface area contributed by atoms with Gasteiger partial charge in [-0.3, -0.25) is 9.59 Å². The molecule has 0 bridgehead atoms. The zero-order chi connectivity index (χ0) is 23.1. The molecular weight excluding hydrogens is 420 g/mol. The van der Waals surface area contributed by atoms with E-state index in [1.807, 2.05) is 0 Å². The highest BCUT2D eigenvalue weighted by Crippen LogP contribution is 2.30. The van der Waals surface area contributed by atoms with Crippen LogP contribution in [0.15, 0.2) is 48.5 Å². The Kier molecular flexibility index (Phi) is 7.67. The fourth-order valence-electron chi connectivity index (χ4n) is 3.40. The number of carbonyl (C=O) groups is 3. The minimum Gasteiger partial charge on any atom is -0.481 e. The molecule has 0 saturated heterocycles. The van der Waals surface area contributed by atoms with Crippen LogP contribution in [0.2, 0.25) is 0 Å². The average molecular weight is 444 g/mol. The Balaban J connectivity index is 1.51. The maximum Gasteiger partial charge on any atom is 0.513 e. The molecule has 1 atom stereocenters. The first-order chi connectivity index (χ1) is 15.4. The number of carboxylic acid groups (broad SMARTS) is 1. The monoisotopic (exact) mass is 444 g/mol. The Labute approximate surface area is 184 Å². The van der Waals surface area contributed by atoms with Gasteiger partial charge >= 0.3 is 18.1 Å². The maximum absolute atomic E-state index is 12.3. The number of carboxylic acids is 1. The molecule has 1 saturated carbocycles. The first-order valence-electron chi connectivity index (χ1n) is 10.1. The van der Waals surface area contributed by atoms with Crippen LogP contribution in [0.4, 0.5) is 4.79 Å². The topological polar surface area (TPSA) is 129 Å². The smallest absolute Gasteiger partial charge is 0.481 e. The normalized spacial score (nSPS) is 18.8. The summed E-state index contributed by atoms with van der Waals surface area (Å²) in [6.45, 7) is 0. The fourth-order valence-corrected chi connectivity index (χ4v) is 3.40. The van der Waals surface area contributed by atoms with Crippen molar-refractivity contribution < 1.29 is 43.5 Å². The van der Waals surface area contributed by atoms with Gasteiger partial charge < -0.3 is 29.2 Å². The molecule has 0 aliphatic heterocycles. The molecule has 9 heteroatoms. The van der Waals surface area contributed by atoms with Crippen molar-refractivity contribution >= 4 is 18.1 Å². The van der Waals surface area contributed by atoms with Crippen molar-refractivity contribution in [3.05, 3.63) is 54.1 Å². The van der Waals surface area contributed by atoms with Crippen LogP contribution >= 0.6 is 0 Å². The van der Waals surface area contributed by atoms with E-state index in [-0.39, 0.29) is 17.6 Å². The highest BCUT2D eigenvalue weighted by molar-refractivity contribution is 5.76. The minimum atomic E-state index is -1.27. The molecule has 1 unspecified atom stereocenters. The molecular formula is C23H24O9. The van der Waals surface area contributed by atoms with E-state index in [9.17, 15) is 19.5 Å². The number of aliphatic hydroxyl groups excluding tert-OH is 1. The molecule has 170 valence electrons. The number of ether oxygens (including phenoxy) is 4. The number of hydrogen-bond acceptors (Lipinski definition) is 8. The molecule has 2 aromatic carbocycles. The lowest BCUT2D eigenvalue weighted by Gasteiger charge is -2.24. The summed E-state index contributed by atoms with van der Waals surface area (Å²) >= 11 is 0. The van der Waals surface area contributed by atoms with Gasteiger partial charge in [-0.1, -0.05) is 0 Å². The third kappa shape index (κ3) is 6.21. The van der Waals surface area contributed by atoms with Gasteiger partial charge in [0.2, 0.25) is 6.29 Å². The van der Waals surface area contributed by atoms with E-state index >= 15 is 0 Å². The van der Waals surface area contributed by atoms with Crippen molar-refractivity contribution in [2.75, 3.05) is 7.11 Å². The Morgan fingerprint density at radius 1 is 0.812 bits per heavy atom. The van der Waals surface area contributed by atoms with Gasteiger partial charge in [0.1, 0.15) is 17.2 Å². The molecule has 2 N–H and O–H groups in total. The number of aliphatic carboxylic acids is 1. The van der Waals surface area contributed by atoms with E-state index in [0.717, 1.165) is 0 Å². The lowest BCUT2D eigenvalue weighted by Crippen LogP contribution is -2.28. The molecule has 0 aromatic heterocycles. The molecule has 0 radical (unpaired) electrons. The van der Waals surface area contributed by atoms with Crippen molar-refractivity contribution in [3.63, 3.8) is 0 Å². The van der Waals surface area contributed by atoms with Gasteiger partial charge in [0.25, 0.3) is 0 Å². The zero-order valence-corrected chi connectivity index (χ0v) is 17.4. The lowest BCUT2D eigenvalue weighted by molar-refractivity contribution is -0.146. The predicted molar refractivity (Wildman–Crippen MR) is 110 cm³/mol. The summed E-state index contributed by atoms with van der Waals surface area (Å²) in [5.74, 6) is -0.966. The minimum absolute atomic E-state index is 0.265. The van der Waals surface area contributed by atoms with Gasteiger partial charge in [0.05, 0.1) is 18.9 Å². The molecule has 1 aliphatic rings. The highest BCUT2D eigenvalue weighted by atomic mass is 16.7. The molecule has 2 aromatic rings. The Hall–Kier alpha value is -3.59. The SMILES string of the molecule is COC(=O)Oc1ccc(OC(O)c2ccc(OC(=O)C3CCC(C(=O)O)CC3)cc2)cc1. The van der Waals surface area contributed by atoms with Crippen LogP contribution in [0.3, 0.4) is 0 Å². The summed E-state index contributed by atoms with van der Waals surface area (Å²) in [7, 11) is 1.20. The number of benzene rings is 2. The van der Waals surface area contributed by atoms with Crippen molar-refractivity contribution in [1.82, 2.24) is 0 Å². The van der Waals surface area contributed by atoms with Crippen molar-refractivity contribution in [2.24, 2.45) is 11.8 Å². The van der Waals surface area contributed by atoms with Crippen molar-refractivity contribution in [2.45, 2.75) is 32.0 Å². The highest BCUT2D eigenvalue weighted by Gasteiger charge is 2.30. The summed E-state index contributed by atoms with van der Waals surface area (Å²) < 4.78 is 20.1. The third-order valence-electron chi connectivity index (χ3n) is 5.23. The second-order valence-electron chi connectivity index (χ2n) is 7.37. The molecule has 9 nitrogen and oxygen atoms in total. The third-order valence-corrected chi connectivity index (χ3v) is 5.23. The summed E-state index contributed by atoms with van der Waals surface area (Å²) in [4.78, 5) is 34.4. The first kappa shape index (κ1) is 23.1. The number of methoxy groups -OCH3 is 1. The van der Waals surface area contributed by atoms with E-state index in [0.29, 0.717) is 42.7 Å². The van der Waals surface area contributed by atoms with Crippen LogP contribution in [-0.2, 0) is 14.3 Å². The molecule has 1 fully saturated rings. The van der Waals surface area contributed by atoms with Crippen LogP contribution in [0, 0.1) is 11.8 Å². The van der Waals surface area contributed by atoms with Gasteiger partial charge in [0.15, 0.2) is 0 Å². The van der Waals surface area contributed by atoms with Gasteiger partial charge in [0, 0.05) is 5.56 Å². The van der Waals surface area contributed by atoms with Crippen LogP contribution in [0.25, 0.3) is 0 Å². The van der Waals surface area contributed by atoms with Crippen LogP contribution in [-0.4, -0.2) is 35.4 Å². The molecule has 0 heterocycles. The molecule has 0 amide bonds. The number of carbonyl (C=O) groups excluding carboxylic acids is 2.